The molecule has 0 unspecified atom stereocenters. The molecule has 0 amide bonds. The standard InChI is InChI=1S/C26H30IN3O4/c1-6-9-34-24-18(27)11-16(12-21(24)33-7-2)22-17(15-28)25(29)30(8-10-32-5)19-13-26(3,4)14-20(31)23(19)22/h1,11-12,22H,7-10,13-14,29H2,2-5H3/t22-/m0/s1. The van der Waals surface area contributed by atoms with E-state index in [0.717, 1.165) is 14.8 Å². The van der Waals surface area contributed by atoms with Crippen LogP contribution in [0.15, 0.2) is 34.8 Å². The minimum absolute atomic E-state index is 0.0274. The summed E-state index contributed by atoms with van der Waals surface area (Å²) in [6, 6.07) is 6.03. The quantitative estimate of drug-likeness (QED) is 0.369. The van der Waals surface area contributed by atoms with Gasteiger partial charge in [-0.05, 0) is 59.0 Å². The van der Waals surface area contributed by atoms with E-state index in [9.17, 15) is 10.1 Å². The first kappa shape index (κ1) is 25.9. The Morgan fingerprint density at radius 2 is 2.06 bits per heavy atom. The number of benzene rings is 1. The van der Waals surface area contributed by atoms with Crippen LogP contribution in [0.3, 0.4) is 0 Å². The molecule has 1 heterocycles. The lowest BCUT2D eigenvalue weighted by atomic mass is 9.68. The van der Waals surface area contributed by atoms with Gasteiger partial charge in [-0.15, -0.1) is 6.42 Å². The summed E-state index contributed by atoms with van der Waals surface area (Å²) in [6.45, 7) is 7.44. The highest BCUT2D eigenvalue weighted by Gasteiger charge is 2.44. The molecule has 3 rings (SSSR count). The number of nitrogens with two attached hydrogens (primary N) is 1. The molecule has 0 radical (unpaired) electrons. The first-order valence-corrected chi connectivity index (χ1v) is 12.2. The number of nitrogens with zero attached hydrogens (tertiary/aromatic N) is 2. The molecule has 0 saturated heterocycles. The molecule has 0 fully saturated rings. The van der Waals surface area contributed by atoms with Crippen molar-refractivity contribution in [3.63, 3.8) is 0 Å². The molecule has 1 aliphatic heterocycles. The van der Waals surface area contributed by atoms with Crippen molar-refractivity contribution in [3.05, 3.63) is 43.9 Å². The van der Waals surface area contributed by atoms with E-state index in [-0.39, 0.29) is 17.8 Å². The first-order chi connectivity index (χ1) is 16.2. The number of allylic oxidation sites excluding steroid dienone is 3. The molecule has 34 heavy (non-hydrogen) atoms. The van der Waals surface area contributed by atoms with Crippen LogP contribution in [0, 0.1) is 32.7 Å². The molecule has 2 N–H and O–H groups in total. The summed E-state index contributed by atoms with van der Waals surface area (Å²) >= 11 is 2.16. The van der Waals surface area contributed by atoms with E-state index in [4.69, 9.17) is 26.4 Å². The van der Waals surface area contributed by atoms with Crippen molar-refractivity contribution >= 4 is 28.4 Å². The summed E-state index contributed by atoms with van der Waals surface area (Å²) < 4.78 is 17.6. The Kier molecular flexibility index (Phi) is 8.17. The van der Waals surface area contributed by atoms with Gasteiger partial charge in [-0.3, -0.25) is 4.79 Å². The van der Waals surface area contributed by atoms with Gasteiger partial charge in [0.25, 0.3) is 0 Å². The van der Waals surface area contributed by atoms with Crippen LogP contribution in [0.2, 0.25) is 0 Å². The number of hydrogen-bond donors (Lipinski definition) is 1. The van der Waals surface area contributed by atoms with Crippen LogP contribution in [-0.4, -0.2) is 44.2 Å². The van der Waals surface area contributed by atoms with Crippen LogP contribution < -0.4 is 15.2 Å². The Labute approximate surface area is 215 Å². The zero-order valence-corrected chi connectivity index (χ0v) is 22.2. The fraction of sp³-hybridized carbons (Fsp3) is 0.462. The van der Waals surface area contributed by atoms with Gasteiger partial charge in [0.1, 0.15) is 12.4 Å². The molecular weight excluding hydrogens is 545 g/mol. The van der Waals surface area contributed by atoms with Crippen LogP contribution in [0.1, 0.15) is 45.1 Å². The number of terminal acetylenes is 1. The smallest absolute Gasteiger partial charge is 0.175 e. The molecule has 2 aliphatic rings. The second-order valence-corrected chi connectivity index (χ2v) is 10.2. The van der Waals surface area contributed by atoms with Gasteiger partial charge in [-0.25, -0.2) is 0 Å². The minimum atomic E-state index is -0.586. The lowest BCUT2D eigenvalue weighted by molar-refractivity contribution is -0.118. The second-order valence-electron chi connectivity index (χ2n) is 9.05. The van der Waals surface area contributed by atoms with Gasteiger partial charge in [0.05, 0.1) is 34.3 Å². The first-order valence-electron chi connectivity index (χ1n) is 11.1. The molecule has 180 valence electrons. The highest BCUT2D eigenvalue weighted by atomic mass is 127. The van der Waals surface area contributed by atoms with Crippen LogP contribution in [0.25, 0.3) is 0 Å². The van der Waals surface area contributed by atoms with E-state index in [0.29, 0.717) is 61.1 Å². The second kappa shape index (κ2) is 10.7. The van der Waals surface area contributed by atoms with E-state index < -0.39 is 5.92 Å². The zero-order chi connectivity index (χ0) is 25.0. The monoisotopic (exact) mass is 575 g/mol. The van der Waals surface area contributed by atoms with Gasteiger partial charge >= 0.3 is 0 Å². The Bertz CT molecular complexity index is 1120. The molecular formula is C26H30IN3O4. The molecule has 0 aromatic heterocycles. The fourth-order valence-corrected chi connectivity index (χ4v) is 5.40. The number of hydrogen-bond acceptors (Lipinski definition) is 7. The summed E-state index contributed by atoms with van der Waals surface area (Å²) in [4.78, 5) is 15.4. The Morgan fingerprint density at radius 3 is 2.68 bits per heavy atom. The average Bonchev–Trinajstić information content (AvgIpc) is 2.76. The number of carbonyl (C=O) groups is 1. The number of carbonyl (C=O) groups excluding carboxylic acids is 1. The molecule has 7 nitrogen and oxygen atoms in total. The summed E-state index contributed by atoms with van der Waals surface area (Å²) in [7, 11) is 1.62. The maximum absolute atomic E-state index is 13.6. The van der Waals surface area contributed by atoms with E-state index in [1.807, 2.05) is 24.0 Å². The van der Waals surface area contributed by atoms with Crippen molar-refractivity contribution < 1.29 is 19.0 Å². The van der Waals surface area contributed by atoms with E-state index in [1.54, 1.807) is 7.11 Å². The predicted octanol–water partition coefficient (Wildman–Crippen LogP) is 4.08. The molecule has 0 spiro atoms. The van der Waals surface area contributed by atoms with Crippen LogP contribution >= 0.6 is 22.6 Å². The highest BCUT2D eigenvalue weighted by Crippen LogP contribution is 2.50. The van der Waals surface area contributed by atoms with Crippen LogP contribution in [0.4, 0.5) is 0 Å². The SMILES string of the molecule is C#CCOc1c(I)cc([C@H]2C(C#N)=C(N)N(CCOC)C3=C2C(=O)CC(C)(C)C3)cc1OCC. The minimum Gasteiger partial charge on any atom is -0.490 e. The maximum atomic E-state index is 13.6. The number of Topliss-reactive ketones (excluding diaryl/α,β-unsaturated/α-hetero) is 1. The van der Waals surface area contributed by atoms with Gasteiger partial charge < -0.3 is 24.8 Å². The largest absolute Gasteiger partial charge is 0.490 e. The third-order valence-corrected chi connectivity index (χ3v) is 6.77. The number of methoxy groups -OCH3 is 1. The Balaban J connectivity index is 2.24. The van der Waals surface area contributed by atoms with Gasteiger partial charge in [0, 0.05) is 31.3 Å². The van der Waals surface area contributed by atoms with E-state index in [1.165, 1.54) is 0 Å². The van der Waals surface area contributed by atoms with E-state index in [2.05, 4.69) is 48.4 Å². The predicted molar refractivity (Wildman–Crippen MR) is 138 cm³/mol. The summed E-state index contributed by atoms with van der Waals surface area (Å²) in [5.41, 5.74) is 8.95. The molecule has 1 atom stereocenters. The molecule has 8 heteroatoms. The topological polar surface area (TPSA) is 97.8 Å². The number of ether oxygens (including phenoxy) is 3. The third kappa shape index (κ3) is 5.03. The van der Waals surface area contributed by atoms with Crippen molar-refractivity contribution in [3.8, 4) is 29.9 Å². The molecule has 0 bridgehead atoms. The maximum Gasteiger partial charge on any atom is 0.175 e. The number of halogens is 1. The van der Waals surface area contributed by atoms with Gasteiger partial charge in [-0.1, -0.05) is 19.8 Å². The Hall–Kier alpha value is -2.69. The molecule has 1 aromatic carbocycles. The van der Waals surface area contributed by atoms with Gasteiger partial charge in [-0.2, -0.15) is 5.26 Å². The van der Waals surface area contributed by atoms with Crippen molar-refractivity contribution in [2.45, 2.75) is 39.5 Å². The third-order valence-electron chi connectivity index (χ3n) is 5.97. The highest BCUT2D eigenvalue weighted by molar-refractivity contribution is 14.1. The average molecular weight is 575 g/mol. The van der Waals surface area contributed by atoms with Crippen molar-refractivity contribution in [1.82, 2.24) is 4.90 Å². The van der Waals surface area contributed by atoms with Gasteiger partial charge in [0.2, 0.25) is 0 Å². The summed E-state index contributed by atoms with van der Waals surface area (Å²) in [5.74, 6) is 3.33. The Morgan fingerprint density at radius 1 is 1.32 bits per heavy atom. The number of ketones is 1. The van der Waals surface area contributed by atoms with Crippen LogP contribution in [0.5, 0.6) is 11.5 Å². The summed E-state index contributed by atoms with van der Waals surface area (Å²) in [5, 5.41) is 10.2. The van der Waals surface area contributed by atoms with E-state index >= 15 is 0 Å². The summed E-state index contributed by atoms with van der Waals surface area (Å²) in [6.07, 6.45) is 6.45. The molecule has 0 saturated carbocycles. The normalized spacial score (nSPS) is 19.4. The molecule has 1 aromatic rings. The lowest BCUT2D eigenvalue weighted by Crippen LogP contribution is -2.43. The fourth-order valence-electron chi connectivity index (χ4n) is 4.62. The lowest BCUT2D eigenvalue weighted by Gasteiger charge is -2.43. The van der Waals surface area contributed by atoms with Gasteiger partial charge in [0.15, 0.2) is 17.3 Å². The number of rotatable bonds is 8. The number of nitriles is 1. The van der Waals surface area contributed by atoms with Crippen molar-refractivity contribution in [2.24, 2.45) is 11.1 Å². The van der Waals surface area contributed by atoms with Crippen molar-refractivity contribution in [1.29, 1.82) is 5.26 Å². The zero-order valence-electron chi connectivity index (χ0n) is 20.0. The van der Waals surface area contributed by atoms with Crippen LogP contribution in [-0.2, 0) is 9.53 Å². The van der Waals surface area contributed by atoms with Crippen molar-refractivity contribution in [2.75, 3.05) is 33.5 Å². The molecule has 1 aliphatic carbocycles.